The monoisotopic (exact) mass is 273 g/mol. The van der Waals surface area contributed by atoms with Gasteiger partial charge in [-0.3, -0.25) is 0 Å². The van der Waals surface area contributed by atoms with Gasteiger partial charge < -0.3 is 10.8 Å². The quantitative estimate of drug-likeness (QED) is 0.833. The highest BCUT2D eigenvalue weighted by atomic mass is 32.2. The summed E-state index contributed by atoms with van der Waals surface area (Å²) in [5.74, 6) is -1.02. The van der Waals surface area contributed by atoms with Crippen LogP contribution in [0, 0.1) is 5.82 Å². The number of hydrogen-bond acceptors (Lipinski definition) is 4. The van der Waals surface area contributed by atoms with Crippen molar-refractivity contribution in [2.45, 2.75) is 23.6 Å². The van der Waals surface area contributed by atoms with Gasteiger partial charge >= 0.3 is 0 Å². The number of sulfone groups is 1. The number of benzene rings is 1. The summed E-state index contributed by atoms with van der Waals surface area (Å²) in [5.41, 5.74) is 5.26. The molecule has 0 unspecified atom stereocenters. The molecule has 1 aliphatic rings. The van der Waals surface area contributed by atoms with Crippen molar-refractivity contribution in [1.29, 1.82) is 0 Å². The summed E-state index contributed by atoms with van der Waals surface area (Å²) in [4.78, 5) is 0. The summed E-state index contributed by atoms with van der Waals surface area (Å²) >= 11 is 0. The van der Waals surface area contributed by atoms with Gasteiger partial charge in [-0.25, -0.2) is 12.8 Å². The van der Waals surface area contributed by atoms with E-state index in [1.807, 2.05) is 0 Å². The number of aliphatic hydroxyl groups excluding tert-OH is 1. The zero-order chi connectivity index (χ0) is 13.6. The highest BCUT2D eigenvalue weighted by Gasteiger charge is 2.68. The molecule has 2 rings (SSSR count). The Balaban J connectivity index is 2.40. The standard InChI is InChI=1S/C12H16FNO3S/c1-2-18(16,17)11-10(12(11,14)7-15)8-4-3-5-9(13)6-8/h3-6,10-11,15H,2,7,14H2,1H3/t10-,11-,12-/m1/s1. The molecular weight excluding hydrogens is 257 g/mol. The van der Waals surface area contributed by atoms with Gasteiger partial charge in [-0.2, -0.15) is 0 Å². The van der Waals surface area contributed by atoms with Crippen LogP contribution in [0.3, 0.4) is 0 Å². The lowest BCUT2D eigenvalue weighted by atomic mass is 10.1. The lowest BCUT2D eigenvalue weighted by molar-refractivity contribution is 0.253. The van der Waals surface area contributed by atoms with E-state index in [2.05, 4.69) is 0 Å². The van der Waals surface area contributed by atoms with E-state index < -0.39 is 39.0 Å². The molecule has 1 saturated carbocycles. The second-order valence-electron chi connectivity index (χ2n) is 4.68. The highest BCUT2D eigenvalue weighted by Crippen LogP contribution is 2.54. The number of hydrogen-bond donors (Lipinski definition) is 2. The first kappa shape index (κ1) is 13.5. The van der Waals surface area contributed by atoms with E-state index in [-0.39, 0.29) is 5.75 Å². The Kier molecular flexibility index (Phi) is 3.21. The van der Waals surface area contributed by atoms with Gasteiger partial charge in [0.05, 0.1) is 17.4 Å². The molecule has 1 fully saturated rings. The minimum atomic E-state index is -3.36. The van der Waals surface area contributed by atoms with Crippen LogP contribution >= 0.6 is 0 Å². The Morgan fingerprint density at radius 1 is 1.50 bits per heavy atom. The smallest absolute Gasteiger partial charge is 0.155 e. The predicted molar refractivity (Wildman–Crippen MR) is 66.4 cm³/mol. The second kappa shape index (κ2) is 4.29. The van der Waals surface area contributed by atoms with E-state index in [4.69, 9.17) is 5.73 Å². The summed E-state index contributed by atoms with van der Waals surface area (Å²) in [6, 6.07) is 5.70. The average Bonchev–Trinajstić information content (AvgIpc) is 2.98. The van der Waals surface area contributed by atoms with Crippen molar-refractivity contribution in [2.75, 3.05) is 12.4 Å². The van der Waals surface area contributed by atoms with Crippen LogP contribution in [-0.2, 0) is 9.84 Å². The number of halogens is 1. The average molecular weight is 273 g/mol. The van der Waals surface area contributed by atoms with Crippen LogP contribution in [0.5, 0.6) is 0 Å². The fourth-order valence-corrected chi connectivity index (χ4v) is 4.51. The molecule has 3 N–H and O–H groups in total. The molecular formula is C12H16FNO3S. The molecule has 18 heavy (non-hydrogen) atoms. The number of nitrogens with two attached hydrogens (primary N) is 1. The zero-order valence-electron chi connectivity index (χ0n) is 10.0. The van der Waals surface area contributed by atoms with Gasteiger partial charge in [0.2, 0.25) is 0 Å². The van der Waals surface area contributed by atoms with E-state index in [0.717, 1.165) is 0 Å². The van der Waals surface area contributed by atoms with Crippen molar-refractivity contribution >= 4 is 9.84 Å². The molecule has 100 valence electrons. The van der Waals surface area contributed by atoms with Gasteiger partial charge in [-0.05, 0) is 17.7 Å². The zero-order valence-corrected chi connectivity index (χ0v) is 10.8. The first-order valence-corrected chi connectivity index (χ1v) is 7.45. The Bertz CT molecular complexity index is 560. The van der Waals surface area contributed by atoms with Gasteiger partial charge in [0.15, 0.2) is 9.84 Å². The van der Waals surface area contributed by atoms with Crippen LogP contribution in [0.4, 0.5) is 4.39 Å². The van der Waals surface area contributed by atoms with E-state index in [0.29, 0.717) is 5.56 Å². The van der Waals surface area contributed by atoms with Crippen LogP contribution < -0.4 is 5.73 Å². The van der Waals surface area contributed by atoms with Crippen molar-refractivity contribution in [1.82, 2.24) is 0 Å². The Labute approximate surface area is 106 Å². The molecule has 0 aromatic heterocycles. The van der Waals surface area contributed by atoms with Crippen molar-refractivity contribution in [2.24, 2.45) is 5.73 Å². The minimum absolute atomic E-state index is 0.0393. The van der Waals surface area contributed by atoms with E-state index in [1.165, 1.54) is 25.1 Å². The second-order valence-corrected chi connectivity index (χ2v) is 7.09. The van der Waals surface area contributed by atoms with E-state index in [1.54, 1.807) is 6.07 Å². The lowest BCUT2D eigenvalue weighted by Gasteiger charge is -2.07. The van der Waals surface area contributed by atoms with Crippen LogP contribution in [0.1, 0.15) is 18.4 Å². The SMILES string of the molecule is CCS(=O)(=O)[C@@H]1[C@@H](c2cccc(F)c2)[C@]1(N)CO. The van der Waals surface area contributed by atoms with Crippen LogP contribution in [0.15, 0.2) is 24.3 Å². The Hall–Kier alpha value is -0.980. The maximum Gasteiger partial charge on any atom is 0.155 e. The largest absolute Gasteiger partial charge is 0.394 e. The van der Waals surface area contributed by atoms with Gasteiger partial charge in [0.25, 0.3) is 0 Å². The van der Waals surface area contributed by atoms with Gasteiger partial charge in [0, 0.05) is 11.7 Å². The van der Waals surface area contributed by atoms with Crippen LogP contribution in [0.25, 0.3) is 0 Å². The fraction of sp³-hybridized carbons (Fsp3) is 0.500. The molecule has 0 radical (unpaired) electrons. The lowest BCUT2D eigenvalue weighted by Crippen LogP contribution is -2.35. The fourth-order valence-electron chi connectivity index (χ4n) is 2.52. The maximum atomic E-state index is 13.2. The van der Waals surface area contributed by atoms with Crippen molar-refractivity contribution in [3.63, 3.8) is 0 Å². The van der Waals surface area contributed by atoms with Gasteiger partial charge in [-0.1, -0.05) is 19.1 Å². The summed E-state index contributed by atoms with van der Waals surface area (Å²) in [7, 11) is -3.36. The molecule has 0 bridgehead atoms. The minimum Gasteiger partial charge on any atom is -0.394 e. The maximum absolute atomic E-state index is 13.2. The molecule has 1 aliphatic carbocycles. The Morgan fingerprint density at radius 2 is 2.17 bits per heavy atom. The van der Waals surface area contributed by atoms with Crippen molar-refractivity contribution in [3.05, 3.63) is 35.6 Å². The summed E-state index contributed by atoms with van der Waals surface area (Å²) in [6.07, 6.45) is 0. The highest BCUT2D eigenvalue weighted by molar-refractivity contribution is 7.92. The molecule has 4 nitrogen and oxygen atoms in total. The molecule has 6 heteroatoms. The molecule has 0 heterocycles. The third kappa shape index (κ3) is 1.94. The molecule has 0 saturated heterocycles. The van der Waals surface area contributed by atoms with Crippen molar-refractivity contribution in [3.8, 4) is 0 Å². The molecule has 1 aromatic rings. The first-order chi connectivity index (χ1) is 8.36. The summed E-state index contributed by atoms with van der Waals surface area (Å²) in [6.45, 7) is 1.10. The molecule has 1 aromatic carbocycles. The first-order valence-electron chi connectivity index (χ1n) is 5.73. The van der Waals surface area contributed by atoms with Gasteiger partial charge in [0.1, 0.15) is 5.82 Å². The van der Waals surface area contributed by atoms with Crippen LogP contribution in [-0.4, -0.2) is 36.7 Å². The number of rotatable bonds is 4. The third-order valence-electron chi connectivity index (χ3n) is 3.57. The van der Waals surface area contributed by atoms with Gasteiger partial charge in [-0.15, -0.1) is 0 Å². The summed E-state index contributed by atoms with van der Waals surface area (Å²) in [5, 5.41) is 8.48. The predicted octanol–water partition coefficient (Wildman–Crippen LogP) is 0.416. The van der Waals surface area contributed by atoms with E-state index in [9.17, 15) is 17.9 Å². The third-order valence-corrected chi connectivity index (χ3v) is 5.86. The topological polar surface area (TPSA) is 80.4 Å². The molecule has 3 atom stereocenters. The normalized spacial score (nSPS) is 31.3. The molecule has 0 amide bonds. The summed E-state index contributed by atoms with van der Waals surface area (Å²) < 4.78 is 37.0. The number of aliphatic hydroxyl groups is 1. The Morgan fingerprint density at radius 3 is 2.67 bits per heavy atom. The molecule has 0 spiro atoms. The van der Waals surface area contributed by atoms with E-state index >= 15 is 0 Å². The molecule has 0 aliphatic heterocycles. The van der Waals surface area contributed by atoms with Crippen LogP contribution in [0.2, 0.25) is 0 Å². The van der Waals surface area contributed by atoms with Crippen molar-refractivity contribution < 1.29 is 17.9 Å².